The van der Waals surface area contributed by atoms with Crippen LogP contribution in [0.2, 0.25) is 0 Å². The van der Waals surface area contributed by atoms with Crippen molar-refractivity contribution in [2.75, 3.05) is 32.8 Å². The van der Waals surface area contributed by atoms with Crippen LogP contribution in [0.4, 0.5) is 0 Å². The number of alkyl halides is 1. The van der Waals surface area contributed by atoms with Crippen molar-refractivity contribution in [3.63, 3.8) is 0 Å². The third kappa shape index (κ3) is 6.01. The van der Waals surface area contributed by atoms with Gasteiger partial charge < -0.3 is 24.5 Å². The van der Waals surface area contributed by atoms with Gasteiger partial charge in [-0.1, -0.05) is 68.6 Å². The molecule has 3 unspecified atom stereocenters. The third-order valence-corrected chi connectivity index (χ3v) is 9.29. The van der Waals surface area contributed by atoms with E-state index in [1.165, 1.54) is 0 Å². The minimum Gasteiger partial charge on any atom is -0.394 e. The molecular weight excluding hydrogens is 562 g/mol. The molecule has 39 heavy (non-hydrogen) atoms. The lowest BCUT2D eigenvalue weighted by molar-refractivity contribution is -0.152. The standard InChI is InChI=1S/C30H48BrN3O5/c1-7-11-12-16-33(15-10-4)29(38)26-30-18-22(31)25(39-30)23(27(36)32(13-8-2)14-9-3)24(30)28(37)34(26)21(19-35)17-20(5)6/h8,10,20-26,35H,2,4,7,9,11-19H2,1,3,5-6H3/t21-,22?,23-,24+,25-,26?,30?/m1/s1. The number of hydrogen-bond acceptors (Lipinski definition) is 5. The third-order valence-electron chi connectivity index (χ3n) is 8.44. The van der Waals surface area contributed by atoms with Crippen molar-refractivity contribution in [2.24, 2.45) is 17.8 Å². The van der Waals surface area contributed by atoms with Gasteiger partial charge in [-0.05, 0) is 31.6 Å². The Labute approximate surface area is 242 Å². The van der Waals surface area contributed by atoms with Crippen molar-refractivity contribution >= 4 is 33.7 Å². The quantitative estimate of drug-likeness (QED) is 0.163. The van der Waals surface area contributed by atoms with E-state index in [2.05, 4.69) is 36.0 Å². The monoisotopic (exact) mass is 609 g/mol. The molecule has 0 aromatic rings. The molecule has 3 aliphatic rings. The van der Waals surface area contributed by atoms with E-state index in [4.69, 9.17) is 4.74 Å². The maximum atomic E-state index is 14.4. The van der Waals surface area contributed by atoms with Crippen LogP contribution >= 0.6 is 15.9 Å². The van der Waals surface area contributed by atoms with Gasteiger partial charge in [0.15, 0.2) is 0 Å². The van der Waals surface area contributed by atoms with E-state index in [9.17, 15) is 19.5 Å². The Morgan fingerprint density at radius 2 is 1.77 bits per heavy atom. The van der Waals surface area contributed by atoms with Gasteiger partial charge in [0.05, 0.1) is 30.6 Å². The lowest BCUT2D eigenvalue weighted by atomic mass is 9.70. The molecule has 220 valence electrons. The predicted octanol–water partition coefficient (Wildman–Crippen LogP) is 3.77. The molecule has 0 saturated carbocycles. The van der Waals surface area contributed by atoms with E-state index < -0.39 is 35.6 Å². The molecule has 7 atom stereocenters. The summed E-state index contributed by atoms with van der Waals surface area (Å²) in [7, 11) is 0. The van der Waals surface area contributed by atoms with Crippen molar-refractivity contribution in [2.45, 2.75) is 94.8 Å². The second-order valence-corrected chi connectivity index (χ2v) is 12.9. The van der Waals surface area contributed by atoms with Crippen molar-refractivity contribution in [3.05, 3.63) is 25.3 Å². The lowest BCUT2D eigenvalue weighted by Gasteiger charge is -2.40. The van der Waals surface area contributed by atoms with E-state index in [-0.39, 0.29) is 35.1 Å². The SMILES string of the molecule is C=CCN(CCCCC)C(=O)C1N([C@@H](CO)CC(C)C)C(=O)[C@@H]2[C@@H](C(=O)N(CC=C)CCC)[C@@H]3OC12CC3Br. The Bertz CT molecular complexity index is 913. The molecule has 0 radical (unpaired) electrons. The van der Waals surface area contributed by atoms with Gasteiger partial charge in [-0.3, -0.25) is 14.4 Å². The smallest absolute Gasteiger partial charge is 0.248 e. The first-order chi connectivity index (χ1) is 18.6. The van der Waals surface area contributed by atoms with Gasteiger partial charge in [-0.25, -0.2) is 0 Å². The maximum Gasteiger partial charge on any atom is 0.248 e. The van der Waals surface area contributed by atoms with E-state index in [0.717, 1.165) is 25.7 Å². The number of likely N-dealkylation sites (tertiary alicyclic amines) is 1. The van der Waals surface area contributed by atoms with Crippen LogP contribution in [0.15, 0.2) is 25.3 Å². The average molecular weight is 611 g/mol. The van der Waals surface area contributed by atoms with Crippen molar-refractivity contribution in [1.82, 2.24) is 14.7 Å². The number of ether oxygens (including phenoxy) is 1. The highest BCUT2D eigenvalue weighted by atomic mass is 79.9. The molecule has 1 spiro atoms. The highest BCUT2D eigenvalue weighted by Gasteiger charge is 2.77. The zero-order valence-electron chi connectivity index (χ0n) is 24.2. The molecule has 2 bridgehead atoms. The van der Waals surface area contributed by atoms with Gasteiger partial charge in [0.2, 0.25) is 17.7 Å². The summed E-state index contributed by atoms with van der Waals surface area (Å²) in [5.74, 6) is -1.85. The van der Waals surface area contributed by atoms with Gasteiger partial charge in [0, 0.05) is 31.0 Å². The highest BCUT2D eigenvalue weighted by Crippen LogP contribution is 2.61. The predicted molar refractivity (Wildman–Crippen MR) is 156 cm³/mol. The van der Waals surface area contributed by atoms with Gasteiger partial charge in [-0.15, -0.1) is 13.2 Å². The number of aliphatic hydroxyl groups is 1. The van der Waals surface area contributed by atoms with Crippen LogP contribution < -0.4 is 0 Å². The maximum absolute atomic E-state index is 14.4. The molecule has 3 rings (SSSR count). The summed E-state index contributed by atoms with van der Waals surface area (Å²) >= 11 is 3.76. The molecule has 3 saturated heterocycles. The van der Waals surface area contributed by atoms with E-state index in [0.29, 0.717) is 39.0 Å². The summed E-state index contributed by atoms with van der Waals surface area (Å²) in [6, 6.07) is -1.45. The fraction of sp³-hybridized carbons (Fsp3) is 0.767. The average Bonchev–Trinajstić information content (AvgIpc) is 3.49. The zero-order chi connectivity index (χ0) is 28.9. The second-order valence-electron chi connectivity index (χ2n) is 11.7. The number of amides is 3. The van der Waals surface area contributed by atoms with Gasteiger partial charge >= 0.3 is 0 Å². The molecule has 0 aromatic heterocycles. The summed E-state index contributed by atoms with van der Waals surface area (Å²) in [4.78, 5) is 47.8. The van der Waals surface area contributed by atoms with Gasteiger partial charge in [-0.2, -0.15) is 0 Å². The van der Waals surface area contributed by atoms with Crippen LogP contribution in [0, 0.1) is 17.8 Å². The molecule has 1 N–H and O–H groups in total. The summed E-state index contributed by atoms with van der Waals surface area (Å²) < 4.78 is 6.69. The first-order valence-electron chi connectivity index (χ1n) is 14.7. The van der Waals surface area contributed by atoms with Crippen LogP contribution in [0.25, 0.3) is 0 Å². The number of fused-ring (bicyclic) bond motifs is 1. The van der Waals surface area contributed by atoms with Gasteiger partial charge in [0.1, 0.15) is 11.6 Å². The number of hydrogen-bond donors (Lipinski definition) is 1. The number of carbonyl (C=O) groups is 3. The van der Waals surface area contributed by atoms with Crippen LogP contribution in [-0.4, -0.2) is 98.9 Å². The van der Waals surface area contributed by atoms with Crippen LogP contribution in [0.5, 0.6) is 0 Å². The molecule has 3 heterocycles. The molecule has 3 amide bonds. The normalized spacial score (nSPS) is 30.0. The largest absolute Gasteiger partial charge is 0.394 e. The summed E-state index contributed by atoms with van der Waals surface area (Å²) in [5, 5.41) is 10.5. The molecule has 0 aromatic carbocycles. The Morgan fingerprint density at radius 3 is 2.31 bits per heavy atom. The topological polar surface area (TPSA) is 90.4 Å². The number of halogens is 1. The van der Waals surface area contributed by atoms with E-state index >= 15 is 0 Å². The first kappa shape index (κ1) is 31.8. The van der Waals surface area contributed by atoms with Crippen molar-refractivity contribution < 1.29 is 24.2 Å². The molecule has 3 fully saturated rings. The molecule has 3 aliphatic heterocycles. The Morgan fingerprint density at radius 1 is 1.13 bits per heavy atom. The van der Waals surface area contributed by atoms with Gasteiger partial charge in [0.25, 0.3) is 0 Å². The first-order valence-corrected chi connectivity index (χ1v) is 15.6. The fourth-order valence-electron chi connectivity index (χ4n) is 6.94. The molecule has 0 aliphatic carbocycles. The number of aliphatic hydroxyl groups excluding tert-OH is 1. The number of nitrogens with zero attached hydrogens (tertiary/aromatic N) is 3. The summed E-state index contributed by atoms with van der Waals surface area (Å²) in [6.07, 6.45) is 7.55. The Kier molecular flexibility index (Phi) is 11.2. The number of rotatable bonds is 16. The molecule has 9 heteroatoms. The van der Waals surface area contributed by atoms with Crippen LogP contribution in [-0.2, 0) is 19.1 Å². The summed E-state index contributed by atoms with van der Waals surface area (Å²) in [6.45, 7) is 17.5. The number of carbonyl (C=O) groups excluding carboxylic acids is 3. The van der Waals surface area contributed by atoms with E-state index in [1.807, 2.05) is 20.8 Å². The zero-order valence-corrected chi connectivity index (χ0v) is 25.8. The molecular formula is C30H48BrN3O5. The Balaban J connectivity index is 2.11. The fourth-order valence-corrected chi connectivity index (χ4v) is 7.89. The number of unbranched alkanes of at least 4 members (excludes halogenated alkanes) is 2. The van der Waals surface area contributed by atoms with E-state index in [1.54, 1.807) is 26.9 Å². The minimum absolute atomic E-state index is 0.130. The second kappa shape index (κ2) is 13.8. The van der Waals surface area contributed by atoms with Crippen molar-refractivity contribution in [3.8, 4) is 0 Å². The summed E-state index contributed by atoms with van der Waals surface area (Å²) in [5.41, 5.74) is -1.13. The Hall–Kier alpha value is -1.71. The minimum atomic E-state index is -1.13. The highest BCUT2D eigenvalue weighted by molar-refractivity contribution is 9.09. The lowest BCUT2D eigenvalue weighted by Crippen LogP contribution is -2.59. The molecule has 8 nitrogen and oxygen atoms in total. The van der Waals surface area contributed by atoms with Crippen LogP contribution in [0.1, 0.15) is 66.2 Å². The van der Waals surface area contributed by atoms with Crippen molar-refractivity contribution in [1.29, 1.82) is 0 Å². The van der Waals surface area contributed by atoms with Crippen LogP contribution in [0.3, 0.4) is 0 Å².